The minimum Gasteiger partial charge on any atom is -0.444 e. The summed E-state index contributed by atoms with van der Waals surface area (Å²) in [4.78, 5) is 25.5. The van der Waals surface area contributed by atoms with Gasteiger partial charge in [-0.1, -0.05) is 0 Å². The lowest BCUT2D eigenvalue weighted by molar-refractivity contribution is -0.125. The Labute approximate surface area is 115 Å². The summed E-state index contributed by atoms with van der Waals surface area (Å²) in [5.74, 6) is 0.319. The Bertz CT molecular complexity index is 334. The molecule has 1 fully saturated rings. The summed E-state index contributed by atoms with van der Waals surface area (Å²) in [6.45, 7) is 6.26. The van der Waals surface area contributed by atoms with Crippen molar-refractivity contribution in [3.05, 3.63) is 0 Å². The number of ketones is 1. The number of nitrogens with one attached hydrogen (secondary N) is 1. The van der Waals surface area contributed by atoms with E-state index in [0.29, 0.717) is 25.0 Å². The zero-order valence-corrected chi connectivity index (χ0v) is 12.7. The average molecular weight is 270 g/mol. The van der Waals surface area contributed by atoms with Crippen molar-refractivity contribution in [3.63, 3.8) is 0 Å². The van der Waals surface area contributed by atoms with Crippen LogP contribution in [0, 0.1) is 5.92 Å². The van der Waals surface area contributed by atoms with Gasteiger partial charge in [-0.2, -0.15) is 0 Å². The summed E-state index contributed by atoms with van der Waals surface area (Å²) in [5, 5.41) is 2.87. The number of ether oxygens (including phenoxy) is 1. The first kappa shape index (κ1) is 16.0. The van der Waals surface area contributed by atoms with Crippen LogP contribution in [-0.4, -0.2) is 49.1 Å². The van der Waals surface area contributed by atoms with Crippen LogP contribution in [0.15, 0.2) is 0 Å². The molecule has 1 amide bonds. The molecule has 0 aromatic heterocycles. The molecule has 0 radical (unpaired) electrons. The number of hydrogen-bond acceptors (Lipinski definition) is 4. The zero-order valence-electron chi connectivity index (χ0n) is 12.7. The van der Waals surface area contributed by atoms with Crippen molar-refractivity contribution in [2.45, 2.75) is 51.7 Å². The highest BCUT2D eigenvalue weighted by atomic mass is 16.6. The predicted molar refractivity (Wildman–Crippen MR) is 74.1 cm³/mol. The second-order valence-electron chi connectivity index (χ2n) is 6.54. The normalized spacial score (nSPS) is 24.4. The minimum absolute atomic E-state index is 0.0173. The van der Waals surface area contributed by atoms with Crippen molar-refractivity contribution in [1.29, 1.82) is 0 Å². The monoisotopic (exact) mass is 270 g/mol. The Kier molecular flexibility index (Phi) is 5.35. The molecule has 0 aliphatic heterocycles. The highest BCUT2D eigenvalue weighted by Crippen LogP contribution is 2.22. The van der Waals surface area contributed by atoms with Crippen molar-refractivity contribution in [3.8, 4) is 0 Å². The van der Waals surface area contributed by atoms with Gasteiger partial charge in [0.1, 0.15) is 11.4 Å². The Balaban J connectivity index is 2.47. The van der Waals surface area contributed by atoms with Gasteiger partial charge < -0.3 is 15.0 Å². The molecule has 0 aromatic rings. The number of carbonyl (C=O) groups is 2. The second-order valence-corrected chi connectivity index (χ2v) is 6.54. The van der Waals surface area contributed by atoms with E-state index in [1.165, 1.54) is 0 Å². The largest absolute Gasteiger partial charge is 0.444 e. The molecular formula is C14H26N2O3. The van der Waals surface area contributed by atoms with Crippen LogP contribution < -0.4 is 5.32 Å². The standard InChI is InChI=1S/C14H26N2O3/c1-14(2,3)19-13(18)15-11-6-7-12(17)10(8-11)9-16(4)5/h10-11H,6-9H2,1-5H3,(H,15,18). The smallest absolute Gasteiger partial charge is 0.407 e. The topological polar surface area (TPSA) is 58.6 Å². The maximum atomic E-state index is 11.8. The number of nitrogens with zero attached hydrogens (tertiary/aromatic N) is 1. The van der Waals surface area contributed by atoms with E-state index in [2.05, 4.69) is 5.32 Å². The molecule has 2 atom stereocenters. The number of rotatable bonds is 3. The SMILES string of the molecule is CN(C)CC1CC(NC(=O)OC(C)(C)C)CCC1=O. The molecule has 1 N–H and O–H groups in total. The molecule has 5 nitrogen and oxygen atoms in total. The van der Waals surface area contributed by atoms with E-state index in [1.54, 1.807) is 0 Å². The van der Waals surface area contributed by atoms with Crippen LogP contribution in [0.1, 0.15) is 40.0 Å². The van der Waals surface area contributed by atoms with Gasteiger partial charge in [-0.15, -0.1) is 0 Å². The Morgan fingerprint density at radius 2 is 2.05 bits per heavy atom. The van der Waals surface area contributed by atoms with E-state index in [0.717, 1.165) is 6.54 Å². The number of carbonyl (C=O) groups excluding carboxylic acids is 2. The number of Topliss-reactive ketones (excluding diaryl/α,β-unsaturated/α-hetero) is 1. The second kappa shape index (κ2) is 6.37. The fourth-order valence-electron chi connectivity index (χ4n) is 2.34. The van der Waals surface area contributed by atoms with Gasteiger partial charge in [-0.25, -0.2) is 4.79 Å². The fourth-order valence-corrected chi connectivity index (χ4v) is 2.34. The van der Waals surface area contributed by atoms with E-state index < -0.39 is 11.7 Å². The van der Waals surface area contributed by atoms with Gasteiger partial charge >= 0.3 is 6.09 Å². The summed E-state index contributed by atoms with van der Waals surface area (Å²) in [5.41, 5.74) is -0.488. The number of alkyl carbamates (subject to hydrolysis) is 1. The third-order valence-corrected chi connectivity index (χ3v) is 3.07. The summed E-state index contributed by atoms with van der Waals surface area (Å²) in [6, 6.07) is 0.0394. The lowest BCUT2D eigenvalue weighted by Crippen LogP contribution is -2.45. The number of hydrogen-bond donors (Lipinski definition) is 1. The van der Waals surface area contributed by atoms with Crippen LogP contribution >= 0.6 is 0 Å². The van der Waals surface area contributed by atoms with E-state index in [-0.39, 0.29) is 12.0 Å². The first-order chi connectivity index (χ1) is 8.67. The molecule has 0 bridgehead atoms. The van der Waals surface area contributed by atoms with Gasteiger partial charge in [0.05, 0.1) is 0 Å². The Hall–Kier alpha value is -1.10. The summed E-state index contributed by atoms with van der Waals surface area (Å²) < 4.78 is 5.24. The quantitative estimate of drug-likeness (QED) is 0.849. The molecule has 1 aliphatic rings. The highest BCUT2D eigenvalue weighted by molar-refractivity contribution is 5.82. The van der Waals surface area contributed by atoms with Crippen molar-refractivity contribution >= 4 is 11.9 Å². The van der Waals surface area contributed by atoms with Gasteiger partial charge in [0.2, 0.25) is 0 Å². The van der Waals surface area contributed by atoms with Crippen LogP contribution in [0.5, 0.6) is 0 Å². The van der Waals surface area contributed by atoms with Crippen molar-refractivity contribution in [2.24, 2.45) is 5.92 Å². The Morgan fingerprint density at radius 1 is 1.42 bits per heavy atom. The lowest BCUT2D eigenvalue weighted by Gasteiger charge is -2.31. The van der Waals surface area contributed by atoms with Gasteiger partial charge in [0.25, 0.3) is 0 Å². The third kappa shape index (κ3) is 6.05. The molecule has 0 heterocycles. The van der Waals surface area contributed by atoms with Gasteiger partial charge in [0, 0.05) is 24.9 Å². The van der Waals surface area contributed by atoms with Gasteiger partial charge in [0.15, 0.2) is 0 Å². The lowest BCUT2D eigenvalue weighted by atomic mass is 9.84. The first-order valence-corrected chi connectivity index (χ1v) is 6.84. The van der Waals surface area contributed by atoms with Crippen LogP contribution in [0.2, 0.25) is 0 Å². The molecule has 1 saturated carbocycles. The maximum Gasteiger partial charge on any atom is 0.407 e. The highest BCUT2D eigenvalue weighted by Gasteiger charge is 2.30. The molecule has 2 unspecified atom stereocenters. The molecule has 5 heteroatoms. The van der Waals surface area contributed by atoms with Crippen molar-refractivity contribution in [2.75, 3.05) is 20.6 Å². The molecule has 110 valence electrons. The van der Waals surface area contributed by atoms with E-state index in [9.17, 15) is 9.59 Å². The van der Waals surface area contributed by atoms with E-state index in [4.69, 9.17) is 4.74 Å². The molecule has 0 saturated heterocycles. The zero-order chi connectivity index (χ0) is 14.6. The minimum atomic E-state index is -0.488. The van der Waals surface area contributed by atoms with Crippen LogP contribution in [0.4, 0.5) is 4.79 Å². The predicted octanol–water partition coefficient (Wildman–Crippen LogP) is 1.81. The average Bonchev–Trinajstić information content (AvgIpc) is 2.19. The third-order valence-electron chi connectivity index (χ3n) is 3.07. The van der Waals surface area contributed by atoms with Crippen molar-refractivity contribution in [1.82, 2.24) is 10.2 Å². The summed E-state index contributed by atoms with van der Waals surface area (Å²) in [6.07, 6.45) is 1.56. The molecule has 0 aromatic carbocycles. The van der Waals surface area contributed by atoms with Gasteiger partial charge in [-0.05, 0) is 47.7 Å². The van der Waals surface area contributed by atoms with Crippen molar-refractivity contribution < 1.29 is 14.3 Å². The van der Waals surface area contributed by atoms with E-state index in [1.807, 2.05) is 39.8 Å². The van der Waals surface area contributed by atoms with Crippen LogP contribution in [0.3, 0.4) is 0 Å². The van der Waals surface area contributed by atoms with Crippen LogP contribution in [-0.2, 0) is 9.53 Å². The molecule has 19 heavy (non-hydrogen) atoms. The summed E-state index contributed by atoms with van der Waals surface area (Å²) >= 11 is 0. The molecular weight excluding hydrogens is 244 g/mol. The number of amides is 1. The Morgan fingerprint density at radius 3 is 2.58 bits per heavy atom. The molecule has 1 rings (SSSR count). The molecule has 0 spiro atoms. The summed E-state index contributed by atoms with van der Waals surface area (Å²) in [7, 11) is 3.91. The van der Waals surface area contributed by atoms with Gasteiger partial charge in [-0.3, -0.25) is 4.79 Å². The fraction of sp³-hybridized carbons (Fsp3) is 0.857. The van der Waals surface area contributed by atoms with E-state index >= 15 is 0 Å². The first-order valence-electron chi connectivity index (χ1n) is 6.84. The van der Waals surface area contributed by atoms with Crippen LogP contribution in [0.25, 0.3) is 0 Å². The maximum absolute atomic E-state index is 11.8. The molecule has 1 aliphatic carbocycles.